The molecule has 0 bridgehead atoms. The van der Waals surface area contributed by atoms with Gasteiger partial charge in [0.15, 0.2) is 0 Å². The number of hydrogen-bond acceptors (Lipinski definition) is 5. The third-order valence-electron chi connectivity index (χ3n) is 2.81. The third kappa shape index (κ3) is 2.97. The molecule has 100 valence electrons. The fourth-order valence-electron chi connectivity index (χ4n) is 1.92. The van der Waals surface area contributed by atoms with Crippen molar-refractivity contribution in [1.29, 1.82) is 0 Å². The highest BCUT2D eigenvalue weighted by Crippen LogP contribution is 2.29. The number of nitrogens with zero attached hydrogens (tertiary/aromatic N) is 2. The average Bonchev–Trinajstić information content (AvgIpc) is 2.43. The van der Waals surface area contributed by atoms with E-state index in [1.165, 1.54) is 6.07 Å². The number of rotatable bonds is 6. The van der Waals surface area contributed by atoms with Crippen LogP contribution in [-0.4, -0.2) is 29.5 Å². The van der Waals surface area contributed by atoms with Crippen LogP contribution in [0.15, 0.2) is 30.5 Å². The fourth-order valence-corrected chi connectivity index (χ4v) is 1.92. The topological polar surface area (TPSA) is 80.1 Å². The van der Waals surface area contributed by atoms with Crippen molar-refractivity contribution in [2.45, 2.75) is 6.92 Å². The maximum atomic E-state index is 11.0. The van der Waals surface area contributed by atoms with E-state index in [1.54, 1.807) is 18.3 Å². The highest BCUT2D eigenvalue weighted by Gasteiger charge is 2.14. The predicted molar refractivity (Wildman–Crippen MR) is 75.4 cm³/mol. The summed E-state index contributed by atoms with van der Waals surface area (Å²) >= 11 is 0. The first-order chi connectivity index (χ1) is 9.24. The number of non-ortho nitro benzene ring substituents is 1. The molecule has 2 aromatic rings. The van der Waals surface area contributed by atoms with Crippen molar-refractivity contribution in [3.63, 3.8) is 0 Å². The average molecular weight is 260 g/mol. The highest BCUT2D eigenvalue weighted by molar-refractivity contribution is 5.96. The molecule has 0 fully saturated rings. The van der Waals surface area contributed by atoms with Gasteiger partial charge in [0.05, 0.1) is 4.92 Å². The van der Waals surface area contributed by atoms with Gasteiger partial charge in [0.25, 0.3) is 5.69 Å². The second-order valence-corrected chi connectivity index (χ2v) is 4.07. The van der Waals surface area contributed by atoms with E-state index in [9.17, 15) is 10.1 Å². The standard InChI is InChI=1S/C13H16N4O2/c1-2-14-8-9-15-11-5-6-12(17(18)19)13-10(11)4-3-7-16-13/h3-7,14-15H,2,8-9H2,1H3. The summed E-state index contributed by atoms with van der Waals surface area (Å²) in [5, 5.41) is 18.2. The van der Waals surface area contributed by atoms with Crippen LogP contribution in [0, 0.1) is 10.1 Å². The summed E-state index contributed by atoms with van der Waals surface area (Å²) in [5.74, 6) is 0. The van der Waals surface area contributed by atoms with Crippen molar-refractivity contribution >= 4 is 22.3 Å². The van der Waals surface area contributed by atoms with E-state index in [0.29, 0.717) is 5.52 Å². The van der Waals surface area contributed by atoms with Crippen LogP contribution in [0.25, 0.3) is 10.9 Å². The Balaban J connectivity index is 2.30. The zero-order valence-corrected chi connectivity index (χ0v) is 10.7. The van der Waals surface area contributed by atoms with Crippen molar-refractivity contribution in [1.82, 2.24) is 10.3 Å². The van der Waals surface area contributed by atoms with Gasteiger partial charge in [-0.15, -0.1) is 0 Å². The quantitative estimate of drug-likeness (QED) is 0.472. The Bertz CT molecular complexity index is 586. The zero-order valence-electron chi connectivity index (χ0n) is 10.7. The first kappa shape index (κ1) is 13.2. The number of benzene rings is 1. The first-order valence-corrected chi connectivity index (χ1v) is 6.20. The largest absolute Gasteiger partial charge is 0.383 e. The minimum atomic E-state index is -0.405. The van der Waals surface area contributed by atoms with Crippen molar-refractivity contribution in [3.8, 4) is 0 Å². The Hall–Kier alpha value is -2.21. The lowest BCUT2D eigenvalue weighted by Crippen LogP contribution is -2.21. The van der Waals surface area contributed by atoms with Crippen LogP contribution >= 0.6 is 0 Å². The SMILES string of the molecule is CCNCCNc1ccc([N+](=O)[O-])c2ncccc12. The summed E-state index contributed by atoms with van der Waals surface area (Å²) in [6, 6.07) is 6.84. The monoisotopic (exact) mass is 260 g/mol. The lowest BCUT2D eigenvalue weighted by atomic mass is 10.1. The Morgan fingerprint density at radius 3 is 2.89 bits per heavy atom. The number of fused-ring (bicyclic) bond motifs is 1. The molecule has 0 aliphatic rings. The number of hydrogen-bond donors (Lipinski definition) is 2. The Morgan fingerprint density at radius 1 is 1.32 bits per heavy atom. The van der Waals surface area contributed by atoms with Gasteiger partial charge in [-0.2, -0.15) is 0 Å². The molecule has 0 spiro atoms. The molecule has 1 heterocycles. The van der Waals surface area contributed by atoms with Gasteiger partial charge < -0.3 is 10.6 Å². The van der Waals surface area contributed by atoms with E-state index in [-0.39, 0.29) is 5.69 Å². The van der Waals surface area contributed by atoms with Crippen molar-refractivity contribution in [2.24, 2.45) is 0 Å². The molecule has 2 rings (SSSR count). The van der Waals surface area contributed by atoms with E-state index in [4.69, 9.17) is 0 Å². The lowest BCUT2D eigenvalue weighted by molar-refractivity contribution is -0.383. The fraction of sp³-hybridized carbons (Fsp3) is 0.308. The van der Waals surface area contributed by atoms with Crippen LogP contribution in [0.3, 0.4) is 0 Å². The molecule has 0 atom stereocenters. The number of pyridine rings is 1. The Labute approximate surface area is 111 Å². The summed E-state index contributed by atoms with van der Waals surface area (Å²) in [6.45, 7) is 4.57. The van der Waals surface area contributed by atoms with E-state index in [2.05, 4.69) is 15.6 Å². The van der Waals surface area contributed by atoms with Crippen LogP contribution in [-0.2, 0) is 0 Å². The predicted octanol–water partition coefficient (Wildman–Crippen LogP) is 2.16. The van der Waals surface area contributed by atoms with Gasteiger partial charge in [-0.25, -0.2) is 4.98 Å². The first-order valence-electron chi connectivity index (χ1n) is 6.20. The van der Waals surface area contributed by atoms with E-state index >= 15 is 0 Å². The lowest BCUT2D eigenvalue weighted by Gasteiger charge is -2.09. The molecule has 0 aliphatic carbocycles. The third-order valence-corrected chi connectivity index (χ3v) is 2.81. The smallest absolute Gasteiger partial charge is 0.295 e. The van der Waals surface area contributed by atoms with Gasteiger partial charge in [-0.05, 0) is 24.7 Å². The van der Waals surface area contributed by atoms with Crippen LogP contribution in [0.5, 0.6) is 0 Å². The maximum absolute atomic E-state index is 11.0. The van der Waals surface area contributed by atoms with Crippen molar-refractivity contribution in [3.05, 3.63) is 40.6 Å². The number of nitro benzene ring substituents is 1. The second-order valence-electron chi connectivity index (χ2n) is 4.07. The van der Waals surface area contributed by atoms with Crippen molar-refractivity contribution < 1.29 is 4.92 Å². The molecule has 19 heavy (non-hydrogen) atoms. The summed E-state index contributed by atoms with van der Waals surface area (Å²) in [7, 11) is 0. The number of nitrogens with one attached hydrogen (secondary N) is 2. The van der Waals surface area contributed by atoms with Gasteiger partial charge in [0.1, 0.15) is 5.52 Å². The molecule has 2 N–H and O–H groups in total. The molecule has 1 aromatic carbocycles. The molecule has 0 unspecified atom stereocenters. The summed E-state index contributed by atoms with van der Waals surface area (Å²) in [6.07, 6.45) is 1.57. The molecule has 0 amide bonds. The minimum Gasteiger partial charge on any atom is -0.383 e. The van der Waals surface area contributed by atoms with E-state index in [1.807, 2.05) is 13.0 Å². The van der Waals surface area contributed by atoms with Crippen LogP contribution in [0.1, 0.15) is 6.92 Å². The molecule has 0 saturated carbocycles. The van der Waals surface area contributed by atoms with Gasteiger partial charge in [-0.3, -0.25) is 10.1 Å². The summed E-state index contributed by atoms with van der Waals surface area (Å²) in [4.78, 5) is 14.7. The molecule has 1 aromatic heterocycles. The maximum Gasteiger partial charge on any atom is 0.295 e. The van der Waals surface area contributed by atoms with Crippen molar-refractivity contribution in [2.75, 3.05) is 25.0 Å². The summed E-state index contributed by atoms with van der Waals surface area (Å²) in [5.41, 5.74) is 1.32. The molecule has 0 aliphatic heterocycles. The highest BCUT2D eigenvalue weighted by atomic mass is 16.6. The molecular formula is C13H16N4O2. The van der Waals surface area contributed by atoms with Gasteiger partial charge in [0.2, 0.25) is 0 Å². The number of likely N-dealkylation sites (N-methyl/N-ethyl adjacent to an activating group) is 1. The molecular weight excluding hydrogens is 244 g/mol. The summed E-state index contributed by atoms with van der Waals surface area (Å²) < 4.78 is 0. The zero-order chi connectivity index (χ0) is 13.7. The van der Waals surface area contributed by atoms with E-state index in [0.717, 1.165) is 30.7 Å². The Kier molecular flexibility index (Phi) is 4.25. The minimum absolute atomic E-state index is 0.0350. The molecule has 0 radical (unpaired) electrons. The normalized spacial score (nSPS) is 10.6. The Morgan fingerprint density at radius 2 is 2.16 bits per heavy atom. The number of anilines is 1. The van der Waals surface area contributed by atoms with E-state index < -0.39 is 4.92 Å². The number of nitro groups is 1. The molecule has 6 heteroatoms. The van der Waals surface area contributed by atoms with Gasteiger partial charge in [0, 0.05) is 36.4 Å². The number of aromatic nitrogens is 1. The van der Waals surface area contributed by atoms with Crippen LogP contribution < -0.4 is 10.6 Å². The van der Waals surface area contributed by atoms with Gasteiger partial charge >= 0.3 is 0 Å². The molecule has 0 saturated heterocycles. The second kappa shape index (κ2) is 6.10. The van der Waals surface area contributed by atoms with Gasteiger partial charge in [-0.1, -0.05) is 6.92 Å². The van der Waals surface area contributed by atoms with Crippen LogP contribution in [0.4, 0.5) is 11.4 Å². The molecule has 6 nitrogen and oxygen atoms in total. The van der Waals surface area contributed by atoms with Crippen LogP contribution in [0.2, 0.25) is 0 Å².